The average molecular weight is 281 g/mol. The standard InChI is InChI=1S/C15H11N3O3/c1-21-11-5-6-13-12(8-11)15(19)17-14(16-13)9-3-2-4-10(7-9)18-20/h2-8H,1H3,(H,16,17,19). The molecule has 0 atom stereocenters. The Kier molecular flexibility index (Phi) is 3.19. The van der Waals surface area contributed by atoms with E-state index in [4.69, 9.17) is 4.74 Å². The Balaban J connectivity index is 2.20. The zero-order valence-electron chi connectivity index (χ0n) is 11.2. The number of aromatic nitrogens is 2. The van der Waals surface area contributed by atoms with Crippen LogP contribution in [0, 0.1) is 4.91 Å². The number of H-pyrrole nitrogens is 1. The molecule has 0 saturated carbocycles. The summed E-state index contributed by atoms with van der Waals surface area (Å²) in [5.41, 5.74) is 1.20. The Morgan fingerprint density at radius 2 is 2.05 bits per heavy atom. The molecule has 3 rings (SSSR count). The summed E-state index contributed by atoms with van der Waals surface area (Å²) in [5.74, 6) is 0.984. The fraction of sp³-hybridized carbons (Fsp3) is 0.0667. The summed E-state index contributed by atoms with van der Waals surface area (Å²) in [6.07, 6.45) is 0. The third-order valence-electron chi connectivity index (χ3n) is 3.14. The van der Waals surface area contributed by atoms with Crippen molar-refractivity contribution in [3.63, 3.8) is 0 Å². The van der Waals surface area contributed by atoms with Gasteiger partial charge in [0.1, 0.15) is 17.3 Å². The molecule has 0 aliphatic heterocycles. The monoisotopic (exact) mass is 281 g/mol. The van der Waals surface area contributed by atoms with Crippen molar-refractivity contribution in [2.24, 2.45) is 5.18 Å². The SMILES string of the molecule is COc1ccc2nc(-c3cccc(N=O)c3)[nH]c(=O)c2c1. The van der Waals surface area contributed by atoms with E-state index in [0.717, 1.165) is 0 Å². The largest absolute Gasteiger partial charge is 0.497 e. The molecule has 0 spiro atoms. The molecule has 104 valence electrons. The van der Waals surface area contributed by atoms with Crippen LogP contribution < -0.4 is 10.3 Å². The number of nitrogens with zero attached hydrogens (tertiary/aromatic N) is 2. The maximum absolute atomic E-state index is 12.2. The second kappa shape index (κ2) is 5.16. The van der Waals surface area contributed by atoms with Gasteiger partial charge in [0.2, 0.25) is 0 Å². The first kappa shape index (κ1) is 13.0. The van der Waals surface area contributed by atoms with Gasteiger partial charge in [-0.05, 0) is 35.5 Å². The molecule has 1 N–H and O–H groups in total. The van der Waals surface area contributed by atoms with E-state index in [0.29, 0.717) is 28.0 Å². The Morgan fingerprint density at radius 1 is 1.19 bits per heavy atom. The van der Waals surface area contributed by atoms with Crippen LogP contribution in [0.1, 0.15) is 0 Å². The molecule has 0 amide bonds. The molecule has 0 unspecified atom stereocenters. The molecular weight excluding hydrogens is 270 g/mol. The van der Waals surface area contributed by atoms with Crippen LogP contribution >= 0.6 is 0 Å². The molecular formula is C15H11N3O3. The van der Waals surface area contributed by atoms with E-state index in [1.807, 2.05) is 0 Å². The molecule has 1 aromatic heterocycles. The number of aromatic amines is 1. The van der Waals surface area contributed by atoms with E-state index < -0.39 is 0 Å². The molecule has 2 aromatic carbocycles. The number of rotatable bonds is 3. The van der Waals surface area contributed by atoms with Crippen molar-refractivity contribution < 1.29 is 4.74 Å². The highest BCUT2D eigenvalue weighted by Crippen LogP contribution is 2.22. The number of benzene rings is 2. The van der Waals surface area contributed by atoms with Crippen LogP contribution in [0.5, 0.6) is 5.75 Å². The van der Waals surface area contributed by atoms with Crippen molar-refractivity contribution in [1.82, 2.24) is 9.97 Å². The minimum Gasteiger partial charge on any atom is -0.497 e. The fourth-order valence-electron chi connectivity index (χ4n) is 2.09. The van der Waals surface area contributed by atoms with E-state index in [9.17, 15) is 9.70 Å². The number of hydrogen-bond donors (Lipinski definition) is 1. The molecule has 3 aromatic rings. The average Bonchev–Trinajstić information content (AvgIpc) is 2.54. The normalized spacial score (nSPS) is 10.5. The van der Waals surface area contributed by atoms with Gasteiger partial charge in [0.25, 0.3) is 5.56 Å². The van der Waals surface area contributed by atoms with Gasteiger partial charge >= 0.3 is 0 Å². The van der Waals surface area contributed by atoms with Gasteiger partial charge in [0.05, 0.1) is 18.0 Å². The third kappa shape index (κ3) is 2.38. The number of nitroso groups, excluding NO2 is 1. The second-order valence-electron chi connectivity index (χ2n) is 4.44. The molecule has 0 bridgehead atoms. The van der Waals surface area contributed by atoms with E-state index in [2.05, 4.69) is 15.1 Å². The molecule has 6 nitrogen and oxygen atoms in total. The topological polar surface area (TPSA) is 84.4 Å². The molecule has 6 heteroatoms. The van der Waals surface area contributed by atoms with E-state index in [1.165, 1.54) is 7.11 Å². The molecule has 0 radical (unpaired) electrons. The molecule has 1 heterocycles. The van der Waals surface area contributed by atoms with E-state index in [-0.39, 0.29) is 11.2 Å². The molecule has 0 saturated heterocycles. The number of methoxy groups -OCH3 is 1. The first-order valence-corrected chi connectivity index (χ1v) is 6.23. The van der Waals surface area contributed by atoms with E-state index >= 15 is 0 Å². The van der Waals surface area contributed by atoms with Crippen molar-refractivity contribution in [1.29, 1.82) is 0 Å². The quantitative estimate of drug-likeness (QED) is 0.748. The highest BCUT2D eigenvalue weighted by molar-refractivity contribution is 5.81. The van der Waals surface area contributed by atoms with Crippen molar-refractivity contribution in [3.8, 4) is 17.1 Å². The van der Waals surface area contributed by atoms with Crippen molar-refractivity contribution in [2.45, 2.75) is 0 Å². The van der Waals surface area contributed by atoms with Crippen molar-refractivity contribution in [3.05, 3.63) is 57.7 Å². The summed E-state index contributed by atoms with van der Waals surface area (Å²) in [4.78, 5) is 29.8. The Bertz CT molecular complexity index is 887. The second-order valence-corrected chi connectivity index (χ2v) is 4.44. The van der Waals surface area contributed by atoms with Crippen LogP contribution in [0.4, 0.5) is 5.69 Å². The zero-order chi connectivity index (χ0) is 14.8. The van der Waals surface area contributed by atoms with Crippen LogP contribution in [0.25, 0.3) is 22.3 Å². The third-order valence-corrected chi connectivity index (χ3v) is 3.14. The lowest BCUT2D eigenvalue weighted by molar-refractivity contribution is 0.415. The maximum atomic E-state index is 12.2. The summed E-state index contributed by atoms with van der Waals surface area (Å²) < 4.78 is 5.09. The highest BCUT2D eigenvalue weighted by atomic mass is 16.5. The summed E-state index contributed by atoms with van der Waals surface area (Å²) in [6.45, 7) is 0. The zero-order valence-corrected chi connectivity index (χ0v) is 11.2. The maximum Gasteiger partial charge on any atom is 0.259 e. The highest BCUT2D eigenvalue weighted by Gasteiger charge is 2.07. The van der Waals surface area contributed by atoms with Crippen LogP contribution in [0.3, 0.4) is 0 Å². The minimum absolute atomic E-state index is 0.265. The lowest BCUT2D eigenvalue weighted by atomic mass is 10.1. The van der Waals surface area contributed by atoms with Gasteiger partial charge in [-0.25, -0.2) is 4.98 Å². The molecule has 0 aliphatic carbocycles. The first-order valence-electron chi connectivity index (χ1n) is 6.23. The molecule has 0 aliphatic rings. The number of ether oxygens (including phenoxy) is 1. The predicted molar refractivity (Wildman–Crippen MR) is 79.8 cm³/mol. The summed E-state index contributed by atoms with van der Waals surface area (Å²) in [5, 5.41) is 3.32. The Morgan fingerprint density at radius 3 is 2.81 bits per heavy atom. The lowest BCUT2D eigenvalue weighted by Gasteiger charge is -2.05. The van der Waals surface area contributed by atoms with Gasteiger partial charge in [0.15, 0.2) is 0 Å². The summed E-state index contributed by atoms with van der Waals surface area (Å²) >= 11 is 0. The lowest BCUT2D eigenvalue weighted by Crippen LogP contribution is -2.09. The first-order chi connectivity index (χ1) is 10.2. The summed E-state index contributed by atoms with van der Waals surface area (Å²) in [6, 6.07) is 11.7. The fourth-order valence-corrected chi connectivity index (χ4v) is 2.09. The smallest absolute Gasteiger partial charge is 0.259 e. The number of hydrogen-bond acceptors (Lipinski definition) is 5. The molecule has 0 fully saturated rings. The van der Waals surface area contributed by atoms with Gasteiger partial charge < -0.3 is 9.72 Å². The van der Waals surface area contributed by atoms with Crippen LogP contribution in [0.2, 0.25) is 0 Å². The number of nitrogens with one attached hydrogen (secondary N) is 1. The molecule has 21 heavy (non-hydrogen) atoms. The van der Waals surface area contributed by atoms with Gasteiger partial charge in [-0.1, -0.05) is 12.1 Å². The van der Waals surface area contributed by atoms with Crippen LogP contribution in [-0.4, -0.2) is 17.1 Å². The predicted octanol–water partition coefficient (Wildman–Crippen LogP) is 3.00. The van der Waals surface area contributed by atoms with Crippen molar-refractivity contribution >= 4 is 16.6 Å². The Labute approximate surface area is 119 Å². The number of fused-ring (bicyclic) bond motifs is 1. The Hall–Kier alpha value is -3.02. The van der Waals surface area contributed by atoms with Gasteiger partial charge in [-0.3, -0.25) is 4.79 Å². The van der Waals surface area contributed by atoms with Crippen molar-refractivity contribution in [2.75, 3.05) is 7.11 Å². The van der Waals surface area contributed by atoms with E-state index in [1.54, 1.807) is 42.5 Å². The van der Waals surface area contributed by atoms with Gasteiger partial charge in [-0.2, -0.15) is 0 Å². The van der Waals surface area contributed by atoms with Crippen LogP contribution in [-0.2, 0) is 0 Å². The van der Waals surface area contributed by atoms with Gasteiger partial charge in [-0.15, -0.1) is 4.91 Å². The summed E-state index contributed by atoms with van der Waals surface area (Å²) in [7, 11) is 1.54. The van der Waals surface area contributed by atoms with Crippen LogP contribution in [0.15, 0.2) is 52.4 Å². The van der Waals surface area contributed by atoms with Gasteiger partial charge in [0, 0.05) is 5.56 Å². The minimum atomic E-state index is -0.265.